The molecular weight excluding hydrogens is 371 g/mol. The highest BCUT2D eigenvalue weighted by atomic mass is 32.2. The molecule has 5 nitrogen and oxygen atoms in total. The zero-order valence-electron chi connectivity index (χ0n) is 14.8. The fraction of sp³-hybridized carbons (Fsp3) is 0.500. The lowest BCUT2D eigenvalue weighted by Gasteiger charge is -2.31. The summed E-state index contributed by atoms with van der Waals surface area (Å²) in [5.74, 6) is 0.824. The van der Waals surface area contributed by atoms with Crippen LogP contribution in [0.15, 0.2) is 28.6 Å². The molecule has 1 fully saturated rings. The maximum absolute atomic E-state index is 13.8. The molecule has 0 unspecified atom stereocenters. The standard InChI is InChI=1S/C18H23FN4OS2/c1-2-11-25-18-22-21-17(26-18)20-16(24)13-7-9-23(10-8-13)12-14-5-3-4-6-15(14)19/h3-6,13H,2,7-12H2,1H3,(H,20,21,24). The smallest absolute Gasteiger partial charge is 0.229 e. The van der Waals surface area contributed by atoms with Crippen molar-refractivity contribution in [2.75, 3.05) is 24.2 Å². The van der Waals surface area contributed by atoms with Crippen molar-refractivity contribution < 1.29 is 9.18 Å². The van der Waals surface area contributed by atoms with Gasteiger partial charge in [0.2, 0.25) is 11.0 Å². The van der Waals surface area contributed by atoms with E-state index in [1.165, 1.54) is 17.4 Å². The van der Waals surface area contributed by atoms with E-state index >= 15 is 0 Å². The van der Waals surface area contributed by atoms with Gasteiger partial charge in [0.1, 0.15) is 5.82 Å². The van der Waals surface area contributed by atoms with Crippen LogP contribution in [0.3, 0.4) is 0 Å². The number of nitrogens with one attached hydrogen (secondary N) is 1. The van der Waals surface area contributed by atoms with Crippen LogP contribution >= 0.6 is 23.1 Å². The first-order valence-corrected chi connectivity index (χ1v) is 10.7. The highest BCUT2D eigenvalue weighted by Gasteiger charge is 2.26. The fourth-order valence-corrected chi connectivity index (χ4v) is 4.62. The van der Waals surface area contributed by atoms with Gasteiger partial charge in [0.05, 0.1) is 0 Å². The number of rotatable bonds is 7. The van der Waals surface area contributed by atoms with Crippen molar-refractivity contribution in [3.8, 4) is 0 Å². The van der Waals surface area contributed by atoms with E-state index in [1.54, 1.807) is 17.8 Å². The number of likely N-dealkylation sites (tertiary alicyclic amines) is 1. The molecule has 1 N–H and O–H groups in total. The summed E-state index contributed by atoms with van der Waals surface area (Å²) in [6, 6.07) is 6.87. The number of amides is 1. The van der Waals surface area contributed by atoms with Crippen molar-refractivity contribution in [2.24, 2.45) is 5.92 Å². The molecule has 2 heterocycles. The first kappa shape index (κ1) is 19.3. The lowest BCUT2D eigenvalue weighted by molar-refractivity contribution is -0.121. The van der Waals surface area contributed by atoms with Crippen molar-refractivity contribution in [3.63, 3.8) is 0 Å². The predicted molar refractivity (Wildman–Crippen MR) is 104 cm³/mol. The van der Waals surface area contributed by atoms with E-state index in [4.69, 9.17) is 0 Å². The molecule has 0 spiro atoms. The Morgan fingerprint density at radius 2 is 2.12 bits per heavy atom. The number of thioether (sulfide) groups is 1. The molecule has 26 heavy (non-hydrogen) atoms. The molecular formula is C18H23FN4OS2. The zero-order valence-corrected chi connectivity index (χ0v) is 16.4. The number of carbonyl (C=O) groups is 1. The average molecular weight is 395 g/mol. The number of halogens is 1. The molecule has 3 rings (SSSR count). The lowest BCUT2D eigenvalue weighted by Crippen LogP contribution is -2.37. The number of hydrogen-bond donors (Lipinski definition) is 1. The molecule has 0 atom stereocenters. The molecule has 1 aromatic heterocycles. The van der Waals surface area contributed by atoms with E-state index in [0.29, 0.717) is 17.2 Å². The van der Waals surface area contributed by atoms with E-state index in [2.05, 4.69) is 27.3 Å². The van der Waals surface area contributed by atoms with Crippen LogP contribution in [0, 0.1) is 11.7 Å². The van der Waals surface area contributed by atoms with Gasteiger partial charge in [0, 0.05) is 23.8 Å². The molecule has 1 saturated heterocycles. The maximum Gasteiger partial charge on any atom is 0.229 e. The molecule has 0 saturated carbocycles. The SMILES string of the molecule is CCCSc1nnc(NC(=O)C2CCN(Cc3ccccc3F)CC2)s1. The summed E-state index contributed by atoms with van der Waals surface area (Å²) < 4.78 is 14.7. The van der Waals surface area contributed by atoms with Gasteiger partial charge in [-0.05, 0) is 38.4 Å². The van der Waals surface area contributed by atoms with Gasteiger partial charge in [0.25, 0.3) is 0 Å². The Hall–Kier alpha value is -1.51. The Kier molecular flexibility index (Phi) is 6.99. The third-order valence-corrected chi connectivity index (χ3v) is 6.55. The van der Waals surface area contributed by atoms with E-state index < -0.39 is 0 Å². The second kappa shape index (κ2) is 9.43. The number of carbonyl (C=O) groups excluding carboxylic acids is 1. The normalized spacial score (nSPS) is 15.9. The van der Waals surface area contributed by atoms with Crippen LogP contribution in [-0.4, -0.2) is 39.8 Å². The fourth-order valence-electron chi connectivity index (χ4n) is 2.94. The molecule has 2 aromatic rings. The Bertz CT molecular complexity index is 731. The molecule has 1 aliphatic heterocycles. The van der Waals surface area contributed by atoms with Gasteiger partial charge in [-0.25, -0.2) is 4.39 Å². The van der Waals surface area contributed by atoms with Crippen LogP contribution in [0.5, 0.6) is 0 Å². The van der Waals surface area contributed by atoms with Gasteiger partial charge in [-0.3, -0.25) is 9.69 Å². The van der Waals surface area contributed by atoms with Crippen LogP contribution in [0.25, 0.3) is 0 Å². The van der Waals surface area contributed by atoms with Gasteiger partial charge < -0.3 is 5.32 Å². The topological polar surface area (TPSA) is 58.1 Å². The molecule has 1 amide bonds. The average Bonchev–Trinajstić information content (AvgIpc) is 3.10. The van der Waals surface area contributed by atoms with E-state index in [9.17, 15) is 9.18 Å². The number of anilines is 1. The quantitative estimate of drug-likeness (QED) is 0.568. The third-order valence-electron chi connectivity index (χ3n) is 4.38. The minimum Gasteiger partial charge on any atom is -0.300 e. The predicted octanol–water partition coefficient (Wildman–Crippen LogP) is 4.03. The summed E-state index contributed by atoms with van der Waals surface area (Å²) in [6.45, 7) is 4.30. The highest BCUT2D eigenvalue weighted by Crippen LogP contribution is 2.27. The number of nitrogens with zero attached hydrogens (tertiary/aromatic N) is 3. The maximum atomic E-state index is 13.8. The third kappa shape index (κ3) is 5.25. The van der Waals surface area contributed by atoms with Crippen LogP contribution in [0.2, 0.25) is 0 Å². The molecule has 140 valence electrons. The highest BCUT2D eigenvalue weighted by molar-refractivity contribution is 8.01. The van der Waals surface area contributed by atoms with Crippen LogP contribution in [0.4, 0.5) is 9.52 Å². The molecule has 0 bridgehead atoms. The Morgan fingerprint density at radius 3 is 2.85 bits per heavy atom. The van der Waals surface area contributed by atoms with E-state index in [0.717, 1.165) is 42.4 Å². The van der Waals surface area contributed by atoms with Crippen molar-refractivity contribution in [3.05, 3.63) is 35.6 Å². The summed E-state index contributed by atoms with van der Waals surface area (Å²) >= 11 is 3.09. The van der Waals surface area contributed by atoms with Crippen LogP contribution in [-0.2, 0) is 11.3 Å². The van der Waals surface area contributed by atoms with Crippen molar-refractivity contribution in [2.45, 2.75) is 37.1 Å². The summed E-state index contributed by atoms with van der Waals surface area (Å²) in [5, 5.41) is 11.6. The number of hydrogen-bond acceptors (Lipinski definition) is 6. The molecule has 1 aliphatic rings. The van der Waals surface area contributed by atoms with Gasteiger partial charge >= 0.3 is 0 Å². The van der Waals surface area contributed by atoms with Crippen molar-refractivity contribution >= 4 is 34.1 Å². The van der Waals surface area contributed by atoms with Gasteiger partial charge in [-0.1, -0.05) is 48.2 Å². The van der Waals surface area contributed by atoms with E-state index in [1.807, 2.05) is 12.1 Å². The molecule has 0 radical (unpaired) electrons. The second-order valence-electron chi connectivity index (χ2n) is 6.35. The Labute approximate surface area is 161 Å². The van der Waals surface area contributed by atoms with Crippen LogP contribution in [0.1, 0.15) is 31.7 Å². The lowest BCUT2D eigenvalue weighted by atomic mass is 9.95. The second-order valence-corrected chi connectivity index (χ2v) is 8.67. The minimum atomic E-state index is -0.166. The summed E-state index contributed by atoms with van der Waals surface area (Å²) in [4.78, 5) is 14.7. The number of benzene rings is 1. The van der Waals surface area contributed by atoms with Crippen molar-refractivity contribution in [1.82, 2.24) is 15.1 Å². The van der Waals surface area contributed by atoms with E-state index in [-0.39, 0.29) is 17.6 Å². The summed E-state index contributed by atoms with van der Waals surface area (Å²) in [5.41, 5.74) is 0.710. The first-order valence-electron chi connectivity index (χ1n) is 8.88. The number of aromatic nitrogens is 2. The summed E-state index contributed by atoms with van der Waals surface area (Å²) in [6.07, 6.45) is 2.63. The molecule has 1 aromatic carbocycles. The largest absolute Gasteiger partial charge is 0.300 e. The van der Waals surface area contributed by atoms with Gasteiger partial charge in [0.15, 0.2) is 4.34 Å². The van der Waals surface area contributed by atoms with Crippen molar-refractivity contribution in [1.29, 1.82) is 0 Å². The van der Waals surface area contributed by atoms with Crippen LogP contribution < -0.4 is 5.32 Å². The van der Waals surface area contributed by atoms with Gasteiger partial charge in [-0.2, -0.15) is 0 Å². The summed E-state index contributed by atoms with van der Waals surface area (Å²) in [7, 11) is 0. The molecule has 8 heteroatoms. The minimum absolute atomic E-state index is 0.0127. The monoisotopic (exact) mass is 394 g/mol. The van der Waals surface area contributed by atoms with Gasteiger partial charge in [-0.15, -0.1) is 10.2 Å². The zero-order chi connectivity index (χ0) is 18.4. The number of piperidine rings is 1. The first-order chi connectivity index (χ1) is 12.7. The Morgan fingerprint density at radius 1 is 1.35 bits per heavy atom. The molecule has 0 aliphatic carbocycles. The Balaban J connectivity index is 1.46.